The highest BCUT2D eigenvalue weighted by atomic mass is 79.9. The Balaban J connectivity index is 2.17. The van der Waals surface area contributed by atoms with E-state index in [1.165, 1.54) is 6.33 Å². The van der Waals surface area contributed by atoms with Gasteiger partial charge in [-0.25, -0.2) is 10.1 Å². The van der Waals surface area contributed by atoms with Crippen LogP contribution in [-0.4, -0.2) is 29.4 Å². The lowest BCUT2D eigenvalue weighted by Gasteiger charge is -2.12. The van der Waals surface area contributed by atoms with E-state index < -0.39 is 0 Å². The fourth-order valence-electron chi connectivity index (χ4n) is 1.50. The Kier molecular flexibility index (Phi) is 4.03. The zero-order valence-corrected chi connectivity index (χ0v) is 11.6. The van der Waals surface area contributed by atoms with Crippen LogP contribution in [0.3, 0.4) is 0 Å². The van der Waals surface area contributed by atoms with Crippen LogP contribution in [0, 0.1) is 0 Å². The summed E-state index contributed by atoms with van der Waals surface area (Å²) in [7, 11) is 3.22. The van der Waals surface area contributed by atoms with Crippen LogP contribution in [0.5, 0.6) is 11.5 Å². The van der Waals surface area contributed by atoms with Gasteiger partial charge in [-0.05, 0) is 17.7 Å². The van der Waals surface area contributed by atoms with E-state index in [0.29, 0.717) is 24.0 Å². The third-order valence-corrected chi connectivity index (χ3v) is 3.15. The van der Waals surface area contributed by atoms with Crippen molar-refractivity contribution in [2.75, 3.05) is 19.5 Å². The fraction of sp³-hybridized carbons (Fsp3) is 0.273. The number of nitrogens with one attached hydrogen (secondary N) is 2. The molecule has 0 fully saturated rings. The molecular weight excluding hydrogens is 300 g/mol. The molecule has 0 aliphatic carbocycles. The number of aromatic nitrogens is 3. The summed E-state index contributed by atoms with van der Waals surface area (Å²) in [5.74, 6) is 2.00. The van der Waals surface area contributed by atoms with E-state index in [9.17, 15) is 0 Å². The molecule has 1 aromatic carbocycles. The van der Waals surface area contributed by atoms with Gasteiger partial charge in [-0.3, -0.25) is 0 Å². The predicted octanol–water partition coefficient (Wildman–Crippen LogP) is 2.20. The topological polar surface area (TPSA) is 72.1 Å². The number of anilines is 1. The van der Waals surface area contributed by atoms with Crippen LogP contribution < -0.4 is 14.8 Å². The molecule has 0 bridgehead atoms. The molecule has 0 amide bonds. The monoisotopic (exact) mass is 312 g/mol. The summed E-state index contributed by atoms with van der Waals surface area (Å²) < 4.78 is 11.4. The van der Waals surface area contributed by atoms with Gasteiger partial charge in [-0.15, -0.1) is 0 Å². The first-order valence-electron chi connectivity index (χ1n) is 5.24. The van der Waals surface area contributed by atoms with Crippen molar-refractivity contribution in [2.24, 2.45) is 0 Å². The molecule has 7 heteroatoms. The Morgan fingerprint density at radius 1 is 1.28 bits per heavy atom. The maximum absolute atomic E-state index is 5.26. The second-order valence-electron chi connectivity index (χ2n) is 3.49. The molecule has 0 unspecified atom stereocenters. The number of ether oxygens (including phenoxy) is 2. The highest BCUT2D eigenvalue weighted by Crippen LogP contribution is 2.33. The Morgan fingerprint density at radius 2 is 2.00 bits per heavy atom. The van der Waals surface area contributed by atoms with Crippen LogP contribution in [-0.2, 0) is 6.54 Å². The zero-order chi connectivity index (χ0) is 13.0. The summed E-state index contributed by atoms with van der Waals surface area (Å²) >= 11 is 3.49. The van der Waals surface area contributed by atoms with Gasteiger partial charge in [0.05, 0.1) is 14.2 Å². The average Bonchev–Trinajstić information content (AvgIpc) is 2.90. The van der Waals surface area contributed by atoms with Gasteiger partial charge in [0.2, 0.25) is 5.95 Å². The molecule has 1 aromatic heterocycles. The number of methoxy groups -OCH3 is 2. The molecule has 0 spiro atoms. The van der Waals surface area contributed by atoms with Crippen molar-refractivity contribution < 1.29 is 9.47 Å². The maximum Gasteiger partial charge on any atom is 0.218 e. The number of rotatable bonds is 5. The van der Waals surface area contributed by atoms with Crippen molar-refractivity contribution in [1.82, 2.24) is 15.2 Å². The highest BCUT2D eigenvalue weighted by molar-refractivity contribution is 9.10. The highest BCUT2D eigenvalue weighted by Gasteiger charge is 2.09. The maximum atomic E-state index is 5.26. The van der Waals surface area contributed by atoms with Crippen molar-refractivity contribution >= 4 is 21.9 Å². The van der Waals surface area contributed by atoms with Crippen LogP contribution in [0.25, 0.3) is 0 Å². The van der Waals surface area contributed by atoms with Crippen LogP contribution in [0.4, 0.5) is 5.95 Å². The number of hydrogen-bond acceptors (Lipinski definition) is 5. The second-order valence-corrected chi connectivity index (χ2v) is 4.34. The molecule has 96 valence electrons. The number of aromatic amines is 1. The number of benzene rings is 1. The van der Waals surface area contributed by atoms with E-state index in [2.05, 4.69) is 36.4 Å². The largest absolute Gasteiger partial charge is 0.493 e. The van der Waals surface area contributed by atoms with Gasteiger partial charge < -0.3 is 14.8 Å². The first-order valence-corrected chi connectivity index (χ1v) is 6.03. The summed E-state index contributed by atoms with van der Waals surface area (Å²) in [5.41, 5.74) is 1.03. The minimum atomic E-state index is 0.593. The number of H-pyrrole nitrogens is 1. The molecule has 2 aromatic rings. The lowest BCUT2D eigenvalue weighted by atomic mass is 10.2. The van der Waals surface area contributed by atoms with E-state index in [-0.39, 0.29) is 0 Å². The van der Waals surface area contributed by atoms with Gasteiger partial charge in [-0.2, -0.15) is 5.10 Å². The molecule has 0 atom stereocenters. The second kappa shape index (κ2) is 5.72. The Bertz CT molecular complexity index is 516. The Labute approximate surface area is 113 Å². The van der Waals surface area contributed by atoms with Gasteiger partial charge in [-0.1, -0.05) is 15.9 Å². The zero-order valence-electron chi connectivity index (χ0n) is 10.0. The molecule has 6 nitrogen and oxygen atoms in total. The van der Waals surface area contributed by atoms with E-state index in [4.69, 9.17) is 9.47 Å². The number of nitrogens with zero attached hydrogens (tertiary/aromatic N) is 2. The smallest absolute Gasteiger partial charge is 0.218 e. The van der Waals surface area contributed by atoms with E-state index in [1.807, 2.05) is 12.1 Å². The predicted molar refractivity (Wildman–Crippen MR) is 71.0 cm³/mol. The first-order chi connectivity index (χ1) is 8.74. The van der Waals surface area contributed by atoms with Crippen LogP contribution in [0.15, 0.2) is 22.9 Å². The van der Waals surface area contributed by atoms with Crippen molar-refractivity contribution in [2.45, 2.75) is 6.54 Å². The molecule has 0 saturated carbocycles. The molecule has 1 heterocycles. The van der Waals surface area contributed by atoms with Crippen molar-refractivity contribution in [3.63, 3.8) is 0 Å². The van der Waals surface area contributed by atoms with Gasteiger partial charge in [0, 0.05) is 11.0 Å². The van der Waals surface area contributed by atoms with Gasteiger partial charge in [0.25, 0.3) is 0 Å². The minimum absolute atomic E-state index is 0.593. The van der Waals surface area contributed by atoms with Crippen molar-refractivity contribution in [3.05, 3.63) is 28.5 Å². The fourth-order valence-corrected chi connectivity index (χ4v) is 1.96. The van der Waals surface area contributed by atoms with Crippen molar-refractivity contribution in [1.29, 1.82) is 0 Å². The number of hydrogen-bond donors (Lipinski definition) is 2. The van der Waals surface area contributed by atoms with Crippen LogP contribution >= 0.6 is 15.9 Å². The molecule has 2 rings (SSSR count). The van der Waals surface area contributed by atoms with Crippen molar-refractivity contribution in [3.8, 4) is 11.5 Å². The molecule has 0 saturated heterocycles. The third kappa shape index (κ3) is 2.73. The van der Waals surface area contributed by atoms with E-state index in [1.54, 1.807) is 14.2 Å². The average molecular weight is 313 g/mol. The molecule has 2 N–H and O–H groups in total. The lowest BCUT2D eigenvalue weighted by Crippen LogP contribution is -2.03. The summed E-state index contributed by atoms with van der Waals surface area (Å²) in [5, 5.41) is 9.61. The Hall–Kier alpha value is -1.76. The quantitative estimate of drug-likeness (QED) is 0.885. The Morgan fingerprint density at radius 3 is 2.61 bits per heavy atom. The van der Waals surface area contributed by atoms with Gasteiger partial charge in [0.15, 0.2) is 11.5 Å². The molecule has 0 radical (unpaired) electrons. The van der Waals surface area contributed by atoms with Gasteiger partial charge >= 0.3 is 0 Å². The summed E-state index contributed by atoms with van der Waals surface area (Å²) in [6.07, 6.45) is 1.45. The molecule has 0 aliphatic heterocycles. The summed E-state index contributed by atoms with van der Waals surface area (Å²) in [6, 6.07) is 3.78. The molecular formula is C11H13BrN4O2. The summed E-state index contributed by atoms with van der Waals surface area (Å²) in [4.78, 5) is 3.99. The third-order valence-electron chi connectivity index (χ3n) is 2.41. The standard InChI is InChI=1S/C11H13BrN4O2/c1-17-9-3-7(8(12)4-10(9)18-2)5-13-11-14-6-15-16-11/h3-4,6H,5H2,1-2H3,(H2,13,14,15,16). The van der Waals surface area contributed by atoms with E-state index >= 15 is 0 Å². The lowest BCUT2D eigenvalue weighted by molar-refractivity contribution is 0.354. The van der Waals surface area contributed by atoms with Crippen LogP contribution in [0.1, 0.15) is 5.56 Å². The normalized spacial score (nSPS) is 10.2. The molecule has 0 aliphatic rings. The van der Waals surface area contributed by atoms with Gasteiger partial charge in [0.1, 0.15) is 6.33 Å². The first kappa shape index (κ1) is 12.7. The van der Waals surface area contributed by atoms with E-state index in [0.717, 1.165) is 10.0 Å². The minimum Gasteiger partial charge on any atom is -0.493 e. The van der Waals surface area contributed by atoms with Crippen LogP contribution in [0.2, 0.25) is 0 Å². The summed E-state index contributed by atoms with van der Waals surface area (Å²) in [6.45, 7) is 0.593. The molecule has 18 heavy (non-hydrogen) atoms. The SMILES string of the molecule is COc1cc(Br)c(CNc2ncn[nH]2)cc1OC. The number of halogens is 1.